The Hall–Kier alpha value is -0.290. The van der Waals surface area contributed by atoms with Gasteiger partial charge >= 0.3 is 0 Å². The second kappa shape index (κ2) is 6.07. The highest BCUT2D eigenvalue weighted by Gasteiger charge is 2.31. The van der Waals surface area contributed by atoms with Crippen LogP contribution in [0.15, 0.2) is 18.2 Å². The summed E-state index contributed by atoms with van der Waals surface area (Å²) < 4.78 is 3.66. The first-order valence-electron chi connectivity index (χ1n) is 7.80. The van der Waals surface area contributed by atoms with E-state index < -0.39 is 0 Å². The normalized spacial score (nSPS) is 28.0. The highest BCUT2D eigenvalue weighted by molar-refractivity contribution is 14.1. The molecule has 2 nitrogen and oxygen atoms in total. The molecule has 2 aromatic rings. The molecule has 1 saturated carbocycles. The zero-order valence-corrected chi connectivity index (χ0v) is 15.7. The Morgan fingerprint density at radius 2 is 2.10 bits per heavy atom. The third-order valence-electron chi connectivity index (χ3n) is 5.03. The summed E-state index contributed by atoms with van der Waals surface area (Å²) in [7, 11) is 0. The van der Waals surface area contributed by atoms with Gasteiger partial charge in [0.05, 0.1) is 16.4 Å². The molecule has 0 aliphatic heterocycles. The van der Waals surface area contributed by atoms with Gasteiger partial charge < -0.3 is 4.57 Å². The van der Waals surface area contributed by atoms with Gasteiger partial charge in [-0.15, -0.1) is 11.6 Å². The average Bonchev–Trinajstić information content (AvgIpc) is 2.80. The molecule has 1 fully saturated rings. The maximum absolute atomic E-state index is 6.44. The van der Waals surface area contributed by atoms with Crippen LogP contribution in [0.25, 0.3) is 11.0 Å². The predicted molar refractivity (Wildman–Crippen MR) is 97.9 cm³/mol. The molecule has 114 valence electrons. The molecule has 0 bridgehead atoms. The maximum Gasteiger partial charge on any atom is 0.127 e. The van der Waals surface area contributed by atoms with Crippen LogP contribution in [0.4, 0.5) is 0 Å². The Morgan fingerprint density at radius 3 is 2.81 bits per heavy atom. The highest BCUT2D eigenvalue weighted by atomic mass is 127. The third kappa shape index (κ3) is 2.83. The van der Waals surface area contributed by atoms with Gasteiger partial charge in [0.25, 0.3) is 0 Å². The molecule has 21 heavy (non-hydrogen) atoms. The lowest BCUT2D eigenvalue weighted by atomic mass is 9.78. The van der Waals surface area contributed by atoms with Crippen LogP contribution in [-0.2, 0) is 0 Å². The molecule has 4 atom stereocenters. The number of hydrogen-bond acceptors (Lipinski definition) is 1. The molecule has 4 heteroatoms. The first-order chi connectivity index (χ1) is 9.99. The minimum Gasteiger partial charge on any atom is -0.323 e. The number of hydrogen-bond donors (Lipinski definition) is 0. The molecule has 1 aliphatic carbocycles. The van der Waals surface area contributed by atoms with Gasteiger partial charge in [0.2, 0.25) is 0 Å². The summed E-state index contributed by atoms with van der Waals surface area (Å²) in [5.74, 6) is 2.47. The number of alkyl halides is 1. The Kier molecular flexibility index (Phi) is 4.51. The van der Waals surface area contributed by atoms with Crippen LogP contribution in [0.1, 0.15) is 57.3 Å². The maximum atomic E-state index is 6.44. The topological polar surface area (TPSA) is 17.8 Å². The van der Waals surface area contributed by atoms with Gasteiger partial charge in [-0.1, -0.05) is 26.7 Å². The van der Waals surface area contributed by atoms with Gasteiger partial charge in [0.1, 0.15) is 5.82 Å². The Balaban J connectivity index is 2.17. The van der Waals surface area contributed by atoms with Crippen molar-refractivity contribution in [2.45, 2.75) is 51.5 Å². The van der Waals surface area contributed by atoms with Gasteiger partial charge in [-0.3, -0.25) is 0 Å². The first kappa shape index (κ1) is 15.6. The van der Waals surface area contributed by atoms with Gasteiger partial charge in [-0.2, -0.15) is 0 Å². The van der Waals surface area contributed by atoms with Crippen molar-refractivity contribution in [3.05, 3.63) is 27.6 Å². The number of fused-ring (bicyclic) bond motifs is 1. The second-order valence-corrected chi connectivity index (χ2v) is 8.32. The summed E-state index contributed by atoms with van der Waals surface area (Å²) in [5.41, 5.74) is 2.32. The summed E-state index contributed by atoms with van der Waals surface area (Å²) in [6.07, 6.45) is 3.88. The van der Waals surface area contributed by atoms with Gasteiger partial charge in [0.15, 0.2) is 0 Å². The molecule has 0 N–H and O–H groups in total. The quantitative estimate of drug-likeness (QED) is 0.438. The van der Waals surface area contributed by atoms with E-state index >= 15 is 0 Å². The van der Waals surface area contributed by atoms with Crippen LogP contribution in [0.5, 0.6) is 0 Å². The van der Waals surface area contributed by atoms with E-state index in [0.717, 1.165) is 17.3 Å². The lowest BCUT2D eigenvalue weighted by molar-refractivity contribution is 0.186. The fourth-order valence-corrected chi connectivity index (χ4v) is 4.27. The van der Waals surface area contributed by atoms with E-state index in [1.807, 2.05) is 6.92 Å². The van der Waals surface area contributed by atoms with Crippen molar-refractivity contribution in [1.29, 1.82) is 0 Å². The summed E-state index contributed by atoms with van der Waals surface area (Å²) in [4.78, 5) is 4.83. The zero-order valence-electron chi connectivity index (χ0n) is 12.8. The number of benzene rings is 1. The van der Waals surface area contributed by atoms with Gasteiger partial charge in [-0.05, 0) is 66.0 Å². The van der Waals surface area contributed by atoms with Crippen molar-refractivity contribution in [2.24, 2.45) is 11.8 Å². The molecule has 1 aromatic heterocycles. The number of halogens is 2. The number of nitrogens with zero attached hydrogens (tertiary/aromatic N) is 2. The van der Waals surface area contributed by atoms with E-state index in [-0.39, 0.29) is 5.38 Å². The van der Waals surface area contributed by atoms with Crippen molar-refractivity contribution >= 4 is 45.2 Å². The fraction of sp³-hybridized carbons (Fsp3) is 0.588. The number of rotatable bonds is 2. The highest BCUT2D eigenvalue weighted by Crippen LogP contribution is 2.41. The smallest absolute Gasteiger partial charge is 0.127 e. The monoisotopic (exact) mass is 416 g/mol. The van der Waals surface area contributed by atoms with Crippen LogP contribution < -0.4 is 0 Å². The molecule has 3 rings (SSSR count). The van der Waals surface area contributed by atoms with E-state index in [9.17, 15) is 0 Å². The van der Waals surface area contributed by atoms with Gasteiger partial charge in [-0.25, -0.2) is 4.98 Å². The largest absolute Gasteiger partial charge is 0.323 e. The fourth-order valence-electron chi connectivity index (χ4n) is 3.64. The van der Waals surface area contributed by atoms with Crippen LogP contribution >= 0.6 is 34.2 Å². The van der Waals surface area contributed by atoms with Crippen LogP contribution in [0.2, 0.25) is 0 Å². The Morgan fingerprint density at radius 1 is 1.33 bits per heavy atom. The Bertz CT molecular complexity index is 650. The summed E-state index contributed by atoms with van der Waals surface area (Å²) >= 11 is 8.78. The van der Waals surface area contributed by atoms with E-state index in [2.05, 4.69) is 59.2 Å². The lowest BCUT2D eigenvalue weighted by Crippen LogP contribution is -2.28. The summed E-state index contributed by atoms with van der Waals surface area (Å²) in [6, 6.07) is 7.06. The molecule has 0 amide bonds. The van der Waals surface area contributed by atoms with Crippen molar-refractivity contribution in [3.8, 4) is 0 Å². The third-order valence-corrected chi connectivity index (χ3v) is 5.90. The van der Waals surface area contributed by atoms with Crippen molar-refractivity contribution in [3.63, 3.8) is 0 Å². The predicted octanol–water partition coefficient (Wildman–Crippen LogP) is 5.94. The Labute approximate surface area is 145 Å². The molecule has 0 spiro atoms. The molecule has 4 unspecified atom stereocenters. The lowest BCUT2D eigenvalue weighted by Gasteiger charge is -2.36. The van der Waals surface area contributed by atoms with Crippen molar-refractivity contribution < 1.29 is 0 Å². The SMILES string of the molecule is CC(Cl)c1nc2cc(I)ccc2n1C1CCCC(C)C1C. The van der Waals surface area contributed by atoms with E-state index in [1.54, 1.807) is 0 Å². The van der Waals surface area contributed by atoms with E-state index in [1.165, 1.54) is 28.3 Å². The van der Waals surface area contributed by atoms with E-state index in [4.69, 9.17) is 16.6 Å². The van der Waals surface area contributed by atoms with Crippen molar-refractivity contribution in [1.82, 2.24) is 9.55 Å². The molecular weight excluding hydrogens is 395 g/mol. The number of aromatic nitrogens is 2. The van der Waals surface area contributed by atoms with Crippen LogP contribution in [0.3, 0.4) is 0 Å². The molecule has 1 heterocycles. The standard InChI is InChI=1S/C17H22ClIN2/c1-10-5-4-6-15(11(10)2)21-16-8-7-13(19)9-14(16)20-17(21)12(3)18/h7-12,15H,4-6H2,1-3H3. The zero-order chi connectivity index (χ0) is 15.1. The second-order valence-electron chi connectivity index (χ2n) is 6.42. The van der Waals surface area contributed by atoms with Gasteiger partial charge in [0, 0.05) is 9.61 Å². The average molecular weight is 417 g/mol. The first-order valence-corrected chi connectivity index (χ1v) is 9.32. The van der Waals surface area contributed by atoms with Crippen molar-refractivity contribution in [2.75, 3.05) is 0 Å². The molecule has 0 radical (unpaired) electrons. The molecule has 0 saturated heterocycles. The summed E-state index contributed by atoms with van der Waals surface area (Å²) in [6.45, 7) is 6.79. The van der Waals surface area contributed by atoms with Crippen LogP contribution in [-0.4, -0.2) is 9.55 Å². The summed E-state index contributed by atoms with van der Waals surface area (Å²) in [5, 5.41) is -0.0560. The van der Waals surface area contributed by atoms with Crippen LogP contribution in [0, 0.1) is 15.4 Å². The minimum atomic E-state index is -0.0560. The molecule has 1 aromatic carbocycles. The number of imidazole rings is 1. The molecular formula is C17H22ClIN2. The minimum absolute atomic E-state index is 0.0560. The van der Waals surface area contributed by atoms with E-state index in [0.29, 0.717) is 12.0 Å². The molecule has 1 aliphatic rings.